The normalized spacial score (nSPS) is 20.0. The number of anilines is 1. The van der Waals surface area contributed by atoms with E-state index < -0.39 is 0 Å². The summed E-state index contributed by atoms with van der Waals surface area (Å²) in [4.78, 5) is 15.3. The first-order valence-electron chi connectivity index (χ1n) is 9.28. The molecule has 1 fully saturated rings. The number of hydrogen-bond acceptors (Lipinski definition) is 1. The largest absolute Gasteiger partial charge is 0.322 e. The summed E-state index contributed by atoms with van der Waals surface area (Å²) in [7, 11) is 0. The Bertz CT molecular complexity index is 752. The highest BCUT2D eigenvalue weighted by molar-refractivity contribution is 6.30. The summed E-state index contributed by atoms with van der Waals surface area (Å²) in [6.07, 6.45) is 0. The number of carbonyl (C=O) groups is 1. The lowest BCUT2D eigenvalue weighted by atomic mass is 10.1. The van der Waals surface area contributed by atoms with Gasteiger partial charge in [-0.3, -0.25) is 4.79 Å². The van der Waals surface area contributed by atoms with E-state index in [0.717, 1.165) is 49.0 Å². The first kappa shape index (κ1) is 18.9. The Morgan fingerprint density at radius 2 is 1.65 bits per heavy atom. The zero-order chi connectivity index (χ0) is 18.5. The lowest BCUT2D eigenvalue weighted by molar-refractivity contribution is -1.02. The van der Waals surface area contributed by atoms with E-state index in [4.69, 9.17) is 11.6 Å². The van der Waals surface area contributed by atoms with Gasteiger partial charge >= 0.3 is 0 Å². The Labute approximate surface area is 160 Å². The topological polar surface area (TPSA) is 38.0 Å². The van der Waals surface area contributed by atoms with Gasteiger partial charge in [0.2, 0.25) is 0 Å². The van der Waals surface area contributed by atoms with E-state index in [9.17, 15) is 4.79 Å². The molecule has 5 heteroatoms. The van der Waals surface area contributed by atoms with Gasteiger partial charge in [0.15, 0.2) is 6.54 Å². The van der Waals surface area contributed by atoms with Crippen LogP contribution < -0.4 is 15.1 Å². The number of rotatable bonds is 5. The molecule has 1 aliphatic rings. The van der Waals surface area contributed by atoms with Crippen molar-refractivity contribution in [3.8, 4) is 0 Å². The molecule has 0 radical (unpaired) electrons. The highest BCUT2D eigenvalue weighted by atomic mass is 35.5. The highest BCUT2D eigenvalue weighted by Gasteiger charge is 2.25. The van der Waals surface area contributed by atoms with Crippen molar-refractivity contribution in [2.24, 2.45) is 0 Å². The van der Waals surface area contributed by atoms with Gasteiger partial charge in [-0.05, 0) is 37.6 Å². The second kappa shape index (κ2) is 8.67. The maximum absolute atomic E-state index is 12.4. The number of benzene rings is 2. The van der Waals surface area contributed by atoms with E-state index in [1.165, 1.54) is 16.0 Å². The minimum Gasteiger partial charge on any atom is -0.322 e. The maximum atomic E-state index is 12.4. The molecule has 0 aliphatic carbocycles. The van der Waals surface area contributed by atoms with Crippen molar-refractivity contribution in [1.29, 1.82) is 0 Å². The van der Waals surface area contributed by atoms with Gasteiger partial charge < -0.3 is 15.1 Å². The molecule has 3 rings (SSSR count). The summed E-state index contributed by atoms with van der Waals surface area (Å²) in [5.74, 6) is 0.105. The standard InChI is InChI=1S/C21H26ClN3O/c1-16-3-8-20(17(2)13-16)23-21(26)15-25-11-9-24(10-12-25)14-18-4-6-19(22)7-5-18/h3-8,13H,9-12,14-15H2,1-2H3,(H,23,26)/p+2. The molecule has 0 spiro atoms. The summed E-state index contributed by atoms with van der Waals surface area (Å²) in [5.41, 5.74) is 4.57. The molecule has 138 valence electrons. The third-order valence-electron chi connectivity index (χ3n) is 5.10. The Hall–Kier alpha value is -1.88. The number of aryl methyl sites for hydroxylation is 2. The lowest BCUT2D eigenvalue weighted by Crippen LogP contribution is -3.28. The SMILES string of the molecule is Cc1ccc(NC(=O)C[NH+]2CC[NH+](Cc3ccc(Cl)cc3)CC2)c(C)c1. The van der Waals surface area contributed by atoms with Gasteiger partial charge in [0, 0.05) is 16.3 Å². The summed E-state index contributed by atoms with van der Waals surface area (Å²) in [6.45, 7) is 9.92. The van der Waals surface area contributed by atoms with Crippen LogP contribution in [-0.4, -0.2) is 38.6 Å². The predicted molar refractivity (Wildman–Crippen MR) is 106 cm³/mol. The number of carbonyl (C=O) groups excluding carboxylic acids is 1. The fourth-order valence-electron chi connectivity index (χ4n) is 3.58. The van der Waals surface area contributed by atoms with Crippen molar-refractivity contribution in [2.45, 2.75) is 20.4 Å². The molecule has 0 bridgehead atoms. The molecular weight excluding hydrogens is 346 g/mol. The zero-order valence-electron chi connectivity index (χ0n) is 15.6. The number of hydrogen-bond donors (Lipinski definition) is 3. The maximum Gasteiger partial charge on any atom is 0.279 e. The molecule has 26 heavy (non-hydrogen) atoms. The second-order valence-electron chi connectivity index (χ2n) is 7.35. The first-order valence-corrected chi connectivity index (χ1v) is 9.66. The summed E-state index contributed by atoms with van der Waals surface area (Å²) in [5, 5.41) is 3.85. The van der Waals surface area contributed by atoms with Gasteiger partial charge in [-0.2, -0.15) is 0 Å². The van der Waals surface area contributed by atoms with Gasteiger partial charge in [-0.1, -0.05) is 41.4 Å². The van der Waals surface area contributed by atoms with Crippen LogP contribution in [0.15, 0.2) is 42.5 Å². The van der Waals surface area contributed by atoms with Crippen molar-refractivity contribution in [2.75, 3.05) is 38.0 Å². The zero-order valence-corrected chi connectivity index (χ0v) is 16.3. The number of nitrogens with one attached hydrogen (secondary N) is 3. The van der Waals surface area contributed by atoms with Crippen LogP contribution in [0, 0.1) is 13.8 Å². The van der Waals surface area contributed by atoms with Crippen LogP contribution in [0.4, 0.5) is 5.69 Å². The van der Waals surface area contributed by atoms with E-state index >= 15 is 0 Å². The molecule has 1 heterocycles. The number of halogens is 1. The molecule has 2 aromatic carbocycles. The van der Waals surface area contributed by atoms with Crippen molar-refractivity contribution < 1.29 is 14.6 Å². The van der Waals surface area contributed by atoms with Gasteiger partial charge in [-0.15, -0.1) is 0 Å². The molecule has 4 nitrogen and oxygen atoms in total. The lowest BCUT2D eigenvalue weighted by Gasteiger charge is -2.29. The van der Waals surface area contributed by atoms with E-state index in [-0.39, 0.29) is 5.91 Å². The minimum absolute atomic E-state index is 0.105. The summed E-state index contributed by atoms with van der Waals surface area (Å²) in [6, 6.07) is 14.2. The van der Waals surface area contributed by atoms with Crippen molar-refractivity contribution in [1.82, 2.24) is 0 Å². The predicted octanol–water partition coefficient (Wildman–Crippen LogP) is 0.879. The Morgan fingerprint density at radius 1 is 1.00 bits per heavy atom. The third kappa shape index (κ3) is 5.31. The van der Waals surface area contributed by atoms with Crippen molar-refractivity contribution >= 4 is 23.2 Å². The Kier molecular flexibility index (Phi) is 6.30. The van der Waals surface area contributed by atoms with E-state index in [1.54, 1.807) is 4.90 Å². The minimum atomic E-state index is 0.105. The van der Waals surface area contributed by atoms with Gasteiger partial charge in [0.1, 0.15) is 32.7 Å². The van der Waals surface area contributed by atoms with E-state index in [0.29, 0.717) is 6.54 Å². The highest BCUT2D eigenvalue weighted by Crippen LogP contribution is 2.15. The second-order valence-corrected chi connectivity index (χ2v) is 7.78. The molecule has 1 amide bonds. The number of quaternary nitrogens is 2. The Morgan fingerprint density at radius 3 is 2.31 bits per heavy atom. The van der Waals surface area contributed by atoms with Crippen molar-refractivity contribution in [3.63, 3.8) is 0 Å². The average molecular weight is 374 g/mol. The first-order chi connectivity index (χ1) is 12.5. The summed E-state index contributed by atoms with van der Waals surface area (Å²) >= 11 is 5.95. The number of amides is 1. The average Bonchev–Trinajstić information content (AvgIpc) is 2.61. The molecular formula is C21H28ClN3O+2. The smallest absolute Gasteiger partial charge is 0.279 e. The van der Waals surface area contributed by atoms with Crippen molar-refractivity contribution in [3.05, 3.63) is 64.2 Å². The van der Waals surface area contributed by atoms with Crippen LogP contribution in [0.2, 0.25) is 5.02 Å². The van der Waals surface area contributed by atoms with Crippen LogP contribution >= 0.6 is 11.6 Å². The molecule has 1 saturated heterocycles. The quantitative estimate of drug-likeness (QED) is 0.715. The van der Waals surface area contributed by atoms with E-state index in [2.05, 4.69) is 30.4 Å². The molecule has 0 unspecified atom stereocenters. The van der Waals surface area contributed by atoms with Crippen LogP contribution in [0.5, 0.6) is 0 Å². The molecule has 0 atom stereocenters. The summed E-state index contributed by atoms with van der Waals surface area (Å²) < 4.78 is 0. The van der Waals surface area contributed by atoms with Gasteiger partial charge in [0.25, 0.3) is 5.91 Å². The van der Waals surface area contributed by atoms with Gasteiger partial charge in [-0.25, -0.2) is 0 Å². The third-order valence-corrected chi connectivity index (χ3v) is 5.35. The molecule has 1 aliphatic heterocycles. The monoisotopic (exact) mass is 373 g/mol. The van der Waals surface area contributed by atoms with Gasteiger partial charge in [0.05, 0.1) is 0 Å². The van der Waals surface area contributed by atoms with Crippen LogP contribution in [0.3, 0.4) is 0 Å². The van der Waals surface area contributed by atoms with Crippen LogP contribution in [-0.2, 0) is 11.3 Å². The van der Waals surface area contributed by atoms with Crippen LogP contribution in [0.1, 0.15) is 16.7 Å². The molecule has 3 N–H and O–H groups in total. The molecule has 0 saturated carbocycles. The van der Waals surface area contributed by atoms with E-state index in [1.807, 2.05) is 31.2 Å². The molecule has 0 aromatic heterocycles. The number of piperazine rings is 1. The fraction of sp³-hybridized carbons (Fsp3) is 0.381. The van der Waals surface area contributed by atoms with Crippen LogP contribution in [0.25, 0.3) is 0 Å². The Balaban J connectivity index is 1.44. The fourth-order valence-corrected chi connectivity index (χ4v) is 3.70. The molecule has 2 aromatic rings.